The fourth-order valence-corrected chi connectivity index (χ4v) is 3.93. The number of aryl methyl sites for hydroxylation is 1. The number of likely N-dealkylation sites (tertiary alicyclic amines) is 1. The highest BCUT2D eigenvalue weighted by Gasteiger charge is 2.30. The minimum absolute atomic E-state index is 0.0358. The minimum Gasteiger partial charge on any atom is -0.506 e. The lowest BCUT2D eigenvalue weighted by atomic mass is 9.96. The lowest BCUT2D eigenvalue weighted by molar-refractivity contribution is -0.126. The predicted molar refractivity (Wildman–Crippen MR) is 106 cm³/mol. The standard InChI is InChI=1S/C20H29BrN2O3/c1-3-4-5-6-9-22-19(25)15-8-7-10-23(13-15)20(26)16-11-14(2)12-17(21)18(16)24/h11-12,15,24H,3-10,13H2,1-2H3,(H,22,25). The van der Waals surface area contributed by atoms with Gasteiger partial charge in [-0.25, -0.2) is 0 Å². The first kappa shape index (κ1) is 20.7. The molecule has 5 nitrogen and oxygen atoms in total. The molecule has 2 rings (SSSR count). The minimum atomic E-state index is -0.215. The third-order valence-electron chi connectivity index (χ3n) is 4.85. The molecular weight excluding hydrogens is 396 g/mol. The normalized spacial score (nSPS) is 17.2. The van der Waals surface area contributed by atoms with Crippen LogP contribution < -0.4 is 5.32 Å². The smallest absolute Gasteiger partial charge is 0.257 e. The molecular formula is C20H29BrN2O3. The van der Waals surface area contributed by atoms with Crippen molar-refractivity contribution in [2.45, 2.75) is 52.4 Å². The van der Waals surface area contributed by atoms with Crippen LogP contribution in [0.25, 0.3) is 0 Å². The van der Waals surface area contributed by atoms with Crippen molar-refractivity contribution in [3.05, 3.63) is 27.7 Å². The zero-order chi connectivity index (χ0) is 19.1. The summed E-state index contributed by atoms with van der Waals surface area (Å²) in [5.41, 5.74) is 1.19. The van der Waals surface area contributed by atoms with Crippen molar-refractivity contribution in [1.82, 2.24) is 10.2 Å². The van der Waals surface area contributed by atoms with Crippen LogP contribution in [-0.2, 0) is 4.79 Å². The van der Waals surface area contributed by atoms with Gasteiger partial charge >= 0.3 is 0 Å². The number of nitrogens with zero attached hydrogens (tertiary/aromatic N) is 1. The Morgan fingerprint density at radius 1 is 1.31 bits per heavy atom. The maximum atomic E-state index is 12.8. The van der Waals surface area contributed by atoms with E-state index >= 15 is 0 Å². The van der Waals surface area contributed by atoms with Gasteiger partial charge in [0.25, 0.3) is 5.91 Å². The highest BCUT2D eigenvalue weighted by atomic mass is 79.9. The number of aromatic hydroxyl groups is 1. The van der Waals surface area contributed by atoms with Gasteiger partial charge in [-0.3, -0.25) is 9.59 Å². The summed E-state index contributed by atoms with van der Waals surface area (Å²) in [7, 11) is 0. The van der Waals surface area contributed by atoms with Crippen LogP contribution in [0.5, 0.6) is 5.75 Å². The van der Waals surface area contributed by atoms with Crippen molar-refractivity contribution in [3.63, 3.8) is 0 Å². The van der Waals surface area contributed by atoms with E-state index in [9.17, 15) is 14.7 Å². The van der Waals surface area contributed by atoms with E-state index in [1.54, 1.807) is 17.0 Å². The van der Waals surface area contributed by atoms with Crippen LogP contribution in [0.1, 0.15) is 61.4 Å². The largest absolute Gasteiger partial charge is 0.506 e. The number of benzene rings is 1. The number of unbranched alkanes of at least 4 members (excludes halogenated alkanes) is 3. The predicted octanol–water partition coefficient (Wildman–Crippen LogP) is 4.01. The Morgan fingerprint density at radius 3 is 2.81 bits per heavy atom. The van der Waals surface area contributed by atoms with E-state index in [4.69, 9.17) is 0 Å². The van der Waals surface area contributed by atoms with Crippen molar-refractivity contribution in [2.75, 3.05) is 19.6 Å². The zero-order valence-electron chi connectivity index (χ0n) is 15.7. The Hall–Kier alpha value is -1.56. The van der Waals surface area contributed by atoms with Gasteiger partial charge in [0.15, 0.2) is 0 Å². The van der Waals surface area contributed by atoms with E-state index < -0.39 is 0 Å². The summed E-state index contributed by atoms with van der Waals surface area (Å²) in [6, 6.07) is 3.47. The summed E-state index contributed by atoms with van der Waals surface area (Å²) >= 11 is 3.29. The van der Waals surface area contributed by atoms with Gasteiger partial charge in [-0.2, -0.15) is 0 Å². The van der Waals surface area contributed by atoms with E-state index in [-0.39, 0.29) is 29.0 Å². The fraction of sp³-hybridized carbons (Fsp3) is 0.600. The lowest BCUT2D eigenvalue weighted by Crippen LogP contribution is -2.45. The molecule has 2 N–H and O–H groups in total. The highest BCUT2D eigenvalue weighted by Crippen LogP contribution is 2.31. The number of phenolic OH excluding ortho intramolecular Hbond substituents is 1. The first-order valence-corrected chi connectivity index (χ1v) is 10.3. The van der Waals surface area contributed by atoms with Gasteiger partial charge in [0.2, 0.25) is 5.91 Å². The SMILES string of the molecule is CCCCCCNC(=O)C1CCCN(C(=O)c2cc(C)cc(Br)c2O)C1. The fourth-order valence-electron chi connectivity index (χ4n) is 3.35. The molecule has 1 unspecified atom stereocenters. The van der Waals surface area contributed by atoms with Crippen LogP contribution in [0.2, 0.25) is 0 Å². The summed E-state index contributed by atoms with van der Waals surface area (Å²) in [5, 5.41) is 13.2. The van der Waals surface area contributed by atoms with Crippen molar-refractivity contribution >= 4 is 27.7 Å². The number of carbonyl (C=O) groups is 2. The number of rotatable bonds is 7. The molecule has 2 amide bonds. The van der Waals surface area contributed by atoms with Crippen LogP contribution in [0.15, 0.2) is 16.6 Å². The van der Waals surface area contributed by atoms with Crippen LogP contribution in [0, 0.1) is 12.8 Å². The Kier molecular flexibility index (Phi) is 7.94. The van der Waals surface area contributed by atoms with E-state index in [0.717, 1.165) is 31.2 Å². The summed E-state index contributed by atoms with van der Waals surface area (Å²) in [4.78, 5) is 26.9. The Balaban J connectivity index is 1.95. The van der Waals surface area contributed by atoms with Crippen molar-refractivity contribution in [3.8, 4) is 5.75 Å². The highest BCUT2D eigenvalue weighted by molar-refractivity contribution is 9.10. The van der Waals surface area contributed by atoms with Crippen LogP contribution in [0.3, 0.4) is 0 Å². The van der Waals surface area contributed by atoms with E-state index in [2.05, 4.69) is 28.2 Å². The second kappa shape index (κ2) is 9.95. The van der Waals surface area contributed by atoms with E-state index in [0.29, 0.717) is 24.1 Å². The molecule has 6 heteroatoms. The number of amides is 2. The number of nitrogens with one attached hydrogen (secondary N) is 1. The van der Waals surface area contributed by atoms with Gasteiger partial charge < -0.3 is 15.3 Å². The first-order chi connectivity index (χ1) is 12.4. The molecule has 1 heterocycles. The number of halogens is 1. The maximum Gasteiger partial charge on any atom is 0.257 e. The van der Waals surface area contributed by atoms with Gasteiger partial charge in [0.05, 0.1) is 16.0 Å². The van der Waals surface area contributed by atoms with Gasteiger partial charge in [-0.15, -0.1) is 0 Å². The number of phenols is 1. The second-order valence-corrected chi connectivity index (χ2v) is 7.94. The number of hydrogen-bond acceptors (Lipinski definition) is 3. The maximum absolute atomic E-state index is 12.8. The molecule has 1 aliphatic heterocycles. The van der Waals surface area contributed by atoms with Crippen LogP contribution in [-0.4, -0.2) is 41.5 Å². The Bertz CT molecular complexity index is 648. The topological polar surface area (TPSA) is 69.6 Å². The molecule has 0 bridgehead atoms. The monoisotopic (exact) mass is 424 g/mol. The number of carbonyl (C=O) groups excluding carboxylic acids is 2. The molecule has 1 aliphatic rings. The molecule has 1 aromatic rings. The number of piperidine rings is 1. The van der Waals surface area contributed by atoms with Crippen molar-refractivity contribution < 1.29 is 14.7 Å². The Morgan fingerprint density at radius 2 is 2.08 bits per heavy atom. The van der Waals surface area contributed by atoms with Gasteiger partial charge in [0, 0.05) is 19.6 Å². The number of hydrogen-bond donors (Lipinski definition) is 2. The van der Waals surface area contributed by atoms with Gasteiger partial charge in [-0.05, 0) is 59.8 Å². The van der Waals surface area contributed by atoms with E-state index in [1.165, 1.54) is 12.8 Å². The molecule has 0 saturated carbocycles. The summed E-state index contributed by atoms with van der Waals surface area (Å²) in [6.45, 7) is 5.77. The van der Waals surface area contributed by atoms with Crippen molar-refractivity contribution in [1.29, 1.82) is 0 Å². The first-order valence-electron chi connectivity index (χ1n) is 9.50. The van der Waals surface area contributed by atoms with Crippen molar-refractivity contribution in [2.24, 2.45) is 5.92 Å². The molecule has 1 fully saturated rings. The molecule has 1 atom stereocenters. The molecule has 26 heavy (non-hydrogen) atoms. The molecule has 0 radical (unpaired) electrons. The molecule has 0 aromatic heterocycles. The average Bonchev–Trinajstić information content (AvgIpc) is 2.64. The lowest BCUT2D eigenvalue weighted by Gasteiger charge is -2.32. The molecule has 1 saturated heterocycles. The average molecular weight is 425 g/mol. The summed E-state index contributed by atoms with van der Waals surface area (Å²) < 4.78 is 0.513. The molecule has 0 spiro atoms. The van der Waals surface area contributed by atoms with Gasteiger partial charge in [0.1, 0.15) is 5.75 Å². The second-order valence-electron chi connectivity index (χ2n) is 7.08. The van der Waals surface area contributed by atoms with E-state index in [1.807, 2.05) is 6.92 Å². The summed E-state index contributed by atoms with van der Waals surface area (Å²) in [6.07, 6.45) is 6.10. The summed E-state index contributed by atoms with van der Waals surface area (Å²) in [5.74, 6) is -0.390. The third kappa shape index (κ3) is 5.47. The third-order valence-corrected chi connectivity index (χ3v) is 5.45. The molecule has 1 aromatic carbocycles. The molecule has 144 valence electrons. The quantitative estimate of drug-likeness (QED) is 0.649. The molecule has 0 aliphatic carbocycles. The van der Waals surface area contributed by atoms with Gasteiger partial charge in [-0.1, -0.05) is 26.2 Å². The zero-order valence-corrected chi connectivity index (χ0v) is 17.3. The van der Waals surface area contributed by atoms with Crippen LogP contribution >= 0.6 is 15.9 Å². The van der Waals surface area contributed by atoms with Crippen LogP contribution in [0.4, 0.5) is 0 Å². The Labute approximate surface area is 164 Å².